The van der Waals surface area contributed by atoms with Gasteiger partial charge in [-0.1, -0.05) is 60.7 Å². The van der Waals surface area contributed by atoms with Crippen molar-refractivity contribution in [2.24, 2.45) is 14.1 Å². The fourth-order valence-electron chi connectivity index (χ4n) is 3.79. The maximum absolute atomic E-state index is 13.1. The molecule has 6 heteroatoms. The SMILES string of the molecule is CC(=O)C1=C(c2ccccc2)Oc2c(c(=O)n(C)c(=O)n2C)C1c1ccccc1. The summed E-state index contributed by atoms with van der Waals surface area (Å²) in [5.41, 5.74) is 1.21. The van der Waals surface area contributed by atoms with E-state index in [2.05, 4.69) is 0 Å². The van der Waals surface area contributed by atoms with Crippen molar-refractivity contribution in [1.29, 1.82) is 0 Å². The summed E-state index contributed by atoms with van der Waals surface area (Å²) in [6, 6.07) is 18.6. The van der Waals surface area contributed by atoms with E-state index in [1.165, 1.54) is 18.5 Å². The first-order valence-electron chi connectivity index (χ1n) is 9.25. The van der Waals surface area contributed by atoms with Gasteiger partial charge in [0.15, 0.2) is 5.78 Å². The van der Waals surface area contributed by atoms with Crippen molar-refractivity contribution in [3.05, 3.63) is 104 Å². The molecule has 2 aromatic carbocycles. The molecule has 0 bridgehead atoms. The predicted octanol–water partition coefficient (Wildman–Crippen LogP) is 2.61. The molecule has 0 saturated carbocycles. The first-order valence-corrected chi connectivity index (χ1v) is 9.25. The molecule has 0 fully saturated rings. The zero-order valence-corrected chi connectivity index (χ0v) is 16.4. The highest BCUT2D eigenvalue weighted by Gasteiger charge is 2.38. The summed E-state index contributed by atoms with van der Waals surface area (Å²) in [7, 11) is 2.99. The van der Waals surface area contributed by atoms with E-state index in [9.17, 15) is 14.4 Å². The predicted molar refractivity (Wildman–Crippen MR) is 110 cm³/mol. The lowest BCUT2D eigenvalue weighted by Gasteiger charge is -2.30. The van der Waals surface area contributed by atoms with Crippen LogP contribution >= 0.6 is 0 Å². The lowest BCUT2D eigenvalue weighted by molar-refractivity contribution is -0.113. The molecule has 1 unspecified atom stereocenters. The third-order valence-corrected chi connectivity index (χ3v) is 5.21. The van der Waals surface area contributed by atoms with Crippen LogP contribution < -0.4 is 16.0 Å². The van der Waals surface area contributed by atoms with E-state index >= 15 is 0 Å². The van der Waals surface area contributed by atoms with Gasteiger partial charge in [-0.15, -0.1) is 0 Å². The van der Waals surface area contributed by atoms with Crippen LogP contribution in [0, 0.1) is 0 Å². The Hall–Kier alpha value is -3.67. The number of ether oxygens (including phenoxy) is 1. The molecule has 0 saturated heterocycles. The van der Waals surface area contributed by atoms with E-state index in [4.69, 9.17) is 4.74 Å². The van der Waals surface area contributed by atoms with Gasteiger partial charge in [0.2, 0.25) is 5.88 Å². The van der Waals surface area contributed by atoms with E-state index in [0.717, 1.165) is 10.1 Å². The quantitative estimate of drug-likeness (QED) is 0.692. The highest BCUT2D eigenvalue weighted by molar-refractivity contribution is 6.03. The number of fused-ring (bicyclic) bond motifs is 1. The summed E-state index contributed by atoms with van der Waals surface area (Å²) in [6.45, 7) is 1.47. The normalized spacial score (nSPS) is 15.6. The summed E-state index contributed by atoms with van der Waals surface area (Å²) in [5, 5.41) is 0. The lowest BCUT2D eigenvalue weighted by Crippen LogP contribution is -2.42. The van der Waals surface area contributed by atoms with E-state index in [0.29, 0.717) is 16.9 Å². The number of hydrogen-bond acceptors (Lipinski definition) is 4. The number of aromatic nitrogens is 2. The summed E-state index contributed by atoms with van der Waals surface area (Å²) in [6.07, 6.45) is 0. The van der Waals surface area contributed by atoms with Crippen LogP contribution in [0.2, 0.25) is 0 Å². The van der Waals surface area contributed by atoms with Crippen LogP contribution in [-0.2, 0) is 18.9 Å². The Labute approximate surface area is 167 Å². The van der Waals surface area contributed by atoms with Crippen molar-refractivity contribution in [2.45, 2.75) is 12.8 Å². The van der Waals surface area contributed by atoms with Gasteiger partial charge in [0.1, 0.15) is 5.76 Å². The molecule has 2 heterocycles. The zero-order valence-electron chi connectivity index (χ0n) is 16.4. The van der Waals surface area contributed by atoms with Crippen molar-refractivity contribution in [1.82, 2.24) is 9.13 Å². The van der Waals surface area contributed by atoms with E-state index in [-0.39, 0.29) is 17.2 Å². The molecule has 0 radical (unpaired) electrons. The molecular weight excluding hydrogens is 368 g/mol. The van der Waals surface area contributed by atoms with Crippen molar-refractivity contribution in [2.75, 3.05) is 0 Å². The molecule has 0 spiro atoms. The minimum atomic E-state index is -0.641. The van der Waals surface area contributed by atoms with Gasteiger partial charge in [-0.05, 0) is 12.5 Å². The van der Waals surface area contributed by atoms with E-state index < -0.39 is 17.2 Å². The Morgan fingerprint density at radius 2 is 1.48 bits per heavy atom. The highest BCUT2D eigenvalue weighted by Crippen LogP contribution is 2.43. The van der Waals surface area contributed by atoms with Gasteiger partial charge < -0.3 is 4.74 Å². The van der Waals surface area contributed by atoms with Gasteiger partial charge in [0, 0.05) is 19.7 Å². The molecule has 146 valence electrons. The van der Waals surface area contributed by atoms with Crippen LogP contribution in [0.15, 0.2) is 75.8 Å². The van der Waals surface area contributed by atoms with Crippen LogP contribution in [-0.4, -0.2) is 14.9 Å². The highest BCUT2D eigenvalue weighted by atomic mass is 16.5. The molecule has 0 amide bonds. The maximum Gasteiger partial charge on any atom is 0.333 e. The summed E-state index contributed by atoms with van der Waals surface area (Å²) in [5.74, 6) is -0.309. The second kappa shape index (κ2) is 7.05. The molecule has 1 atom stereocenters. The fraction of sp³-hybridized carbons (Fsp3) is 0.174. The van der Waals surface area contributed by atoms with Crippen molar-refractivity contribution in [3.63, 3.8) is 0 Å². The van der Waals surface area contributed by atoms with Gasteiger partial charge in [0.25, 0.3) is 5.56 Å². The molecule has 6 nitrogen and oxygen atoms in total. The van der Waals surface area contributed by atoms with E-state index in [1.807, 2.05) is 60.7 Å². The number of Topliss-reactive ketones (excluding diaryl/α,β-unsaturated/α-hetero) is 1. The maximum atomic E-state index is 13.1. The number of benzene rings is 2. The molecule has 3 aromatic rings. The topological polar surface area (TPSA) is 70.3 Å². The van der Waals surface area contributed by atoms with Gasteiger partial charge in [-0.2, -0.15) is 0 Å². The number of rotatable bonds is 3. The number of allylic oxidation sites excluding steroid dienone is 1. The van der Waals surface area contributed by atoms with Crippen LogP contribution in [0.4, 0.5) is 0 Å². The molecule has 0 aliphatic carbocycles. The van der Waals surface area contributed by atoms with Gasteiger partial charge in [-0.25, -0.2) is 4.79 Å². The lowest BCUT2D eigenvalue weighted by atomic mass is 9.81. The molecule has 1 aliphatic rings. The molecular formula is C23H20N2O4. The molecule has 1 aromatic heterocycles. The first kappa shape index (κ1) is 18.7. The largest absolute Gasteiger partial charge is 0.439 e. The van der Waals surface area contributed by atoms with Crippen molar-refractivity contribution >= 4 is 11.5 Å². The number of ketones is 1. The monoisotopic (exact) mass is 388 g/mol. The Morgan fingerprint density at radius 1 is 0.897 bits per heavy atom. The third kappa shape index (κ3) is 2.93. The fourth-order valence-corrected chi connectivity index (χ4v) is 3.79. The van der Waals surface area contributed by atoms with Crippen LogP contribution in [0.1, 0.15) is 29.5 Å². The first-order chi connectivity index (χ1) is 13.9. The minimum absolute atomic E-state index is 0.163. The second-order valence-corrected chi connectivity index (χ2v) is 7.04. The average Bonchev–Trinajstić information content (AvgIpc) is 2.75. The Kier molecular flexibility index (Phi) is 4.54. The molecule has 29 heavy (non-hydrogen) atoms. The number of nitrogens with zero attached hydrogens (tertiary/aromatic N) is 2. The molecule has 1 aliphatic heterocycles. The standard InChI is InChI=1S/C23H20N2O4/c1-14(26)17-18(15-10-6-4-7-11-15)19-21(27)24(2)23(28)25(3)22(19)29-20(17)16-12-8-5-9-13-16/h4-13,18H,1-3H3. The van der Waals surface area contributed by atoms with Crippen molar-refractivity contribution in [3.8, 4) is 5.88 Å². The number of hydrogen-bond donors (Lipinski definition) is 0. The number of carbonyl (C=O) groups is 1. The smallest absolute Gasteiger partial charge is 0.333 e. The van der Waals surface area contributed by atoms with Gasteiger partial charge >= 0.3 is 5.69 Å². The number of carbonyl (C=O) groups excluding carboxylic acids is 1. The molecule has 4 rings (SSSR count). The average molecular weight is 388 g/mol. The third-order valence-electron chi connectivity index (χ3n) is 5.21. The van der Waals surface area contributed by atoms with Crippen molar-refractivity contribution < 1.29 is 9.53 Å². The zero-order chi connectivity index (χ0) is 20.7. The second-order valence-electron chi connectivity index (χ2n) is 7.04. The Morgan fingerprint density at radius 3 is 2.07 bits per heavy atom. The van der Waals surface area contributed by atoms with E-state index in [1.54, 1.807) is 7.05 Å². The van der Waals surface area contributed by atoms with Crippen LogP contribution in [0.25, 0.3) is 5.76 Å². The van der Waals surface area contributed by atoms with Crippen LogP contribution in [0.5, 0.6) is 5.88 Å². The molecule has 0 N–H and O–H groups in total. The van der Waals surface area contributed by atoms with Gasteiger partial charge in [0.05, 0.1) is 17.1 Å². The van der Waals surface area contributed by atoms with Gasteiger partial charge in [-0.3, -0.25) is 18.7 Å². The Bertz CT molecular complexity index is 1250. The van der Waals surface area contributed by atoms with Crippen LogP contribution in [0.3, 0.4) is 0 Å². The Balaban J connectivity index is 2.15. The summed E-state index contributed by atoms with van der Waals surface area (Å²) in [4.78, 5) is 38.5. The summed E-state index contributed by atoms with van der Waals surface area (Å²) >= 11 is 0. The minimum Gasteiger partial charge on any atom is -0.439 e. The summed E-state index contributed by atoms with van der Waals surface area (Å²) < 4.78 is 8.46.